The number of ketones is 1. The number of para-hydroxylation sites is 2. The molecule has 4 aromatic rings. The second-order valence-electron chi connectivity index (χ2n) is 8.43. The number of amides is 1. The van der Waals surface area contributed by atoms with Crippen LogP contribution in [0.2, 0.25) is 0 Å². The molecule has 170 valence electrons. The molecule has 6 nitrogen and oxygen atoms in total. The van der Waals surface area contributed by atoms with Crippen molar-refractivity contribution in [2.24, 2.45) is 0 Å². The quantitative estimate of drug-likeness (QED) is 0.246. The SMILES string of the molecule is COc1cc(C)c(/C(O)=C2\C(=O)C(=O)N(c3ccccc3)C2c2c[nH]c3ccccc23)cc1C. The Morgan fingerprint density at radius 3 is 2.41 bits per heavy atom. The minimum absolute atomic E-state index is 0.0614. The Labute approximate surface area is 197 Å². The summed E-state index contributed by atoms with van der Waals surface area (Å²) in [6, 6.07) is 19.6. The second-order valence-corrected chi connectivity index (χ2v) is 8.43. The predicted molar refractivity (Wildman–Crippen MR) is 132 cm³/mol. The van der Waals surface area contributed by atoms with Crippen molar-refractivity contribution >= 4 is 34.0 Å². The third-order valence-electron chi connectivity index (χ3n) is 6.39. The van der Waals surface area contributed by atoms with Crippen LogP contribution in [0.25, 0.3) is 16.7 Å². The minimum Gasteiger partial charge on any atom is -0.507 e. The van der Waals surface area contributed by atoms with Crippen LogP contribution in [-0.4, -0.2) is 28.9 Å². The van der Waals surface area contributed by atoms with E-state index in [0.717, 1.165) is 27.6 Å². The van der Waals surface area contributed by atoms with Gasteiger partial charge in [-0.15, -0.1) is 0 Å². The topological polar surface area (TPSA) is 82.6 Å². The van der Waals surface area contributed by atoms with Crippen LogP contribution >= 0.6 is 0 Å². The molecule has 1 fully saturated rings. The van der Waals surface area contributed by atoms with Crippen molar-refractivity contribution in [1.82, 2.24) is 4.98 Å². The first-order valence-corrected chi connectivity index (χ1v) is 11.0. The monoisotopic (exact) mass is 452 g/mol. The number of Topliss-reactive ketones (excluding diaryl/α,β-unsaturated/α-hetero) is 1. The maximum Gasteiger partial charge on any atom is 0.300 e. The van der Waals surface area contributed by atoms with Crippen LogP contribution in [-0.2, 0) is 9.59 Å². The zero-order valence-corrected chi connectivity index (χ0v) is 19.1. The molecule has 1 saturated heterocycles. The third-order valence-corrected chi connectivity index (χ3v) is 6.39. The summed E-state index contributed by atoms with van der Waals surface area (Å²) in [6.45, 7) is 3.71. The number of benzene rings is 3. The average Bonchev–Trinajstić information content (AvgIpc) is 3.39. The fourth-order valence-electron chi connectivity index (χ4n) is 4.71. The van der Waals surface area contributed by atoms with Crippen LogP contribution in [0, 0.1) is 13.8 Å². The van der Waals surface area contributed by atoms with Crippen molar-refractivity contribution in [3.8, 4) is 5.75 Å². The first-order chi connectivity index (χ1) is 16.4. The number of aliphatic hydroxyl groups is 1. The summed E-state index contributed by atoms with van der Waals surface area (Å²) in [5.74, 6) is -0.905. The minimum atomic E-state index is -0.791. The van der Waals surface area contributed by atoms with Gasteiger partial charge in [0.15, 0.2) is 0 Å². The van der Waals surface area contributed by atoms with Crippen molar-refractivity contribution in [2.45, 2.75) is 19.9 Å². The maximum absolute atomic E-state index is 13.4. The van der Waals surface area contributed by atoms with Gasteiger partial charge in [0.2, 0.25) is 0 Å². The highest BCUT2D eigenvalue weighted by Gasteiger charge is 2.47. The van der Waals surface area contributed by atoms with Gasteiger partial charge in [-0.1, -0.05) is 36.4 Å². The molecule has 0 radical (unpaired) electrons. The normalized spacial score (nSPS) is 17.5. The Balaban J connectivity index is 1.79. The molecular weight excluding hydrogens is 428 g/mol. The Morgan fingerprint density at radius 1 is 0.971 bits per heavy atom. The number of rotatable bonds is 4. The summed E-state index contributed by atoms with van der Waals surface area (Å²) in [7, 11) is 1.59. The van der Waals surface area contributed by atoms with E-state index < -0.39 is 17.7 Å². The number of H-pyrrole nitrogens is 1. The highest BCUT2D eigenvalue weighted by atomic mass is 16.5. The van der Waals surface area contributed by atoms with Gasteiger partial charge in [-0.25, -0.2) is 0 Å². The van der Waals surface area contributed by atoms with Gasteiger partial charge in [0.05, 0.1) is 18.7 Å². The highest BCUT2D eigenvalue weighted by molar-refractivity contribution is 6.51. The molecule has 1 amide bonds. The predicted octanol–water partition coefficient (Wildman–Crippen LogP) is 5.42. The van der Waals surface area contributed by atoms with E-state index in [1.807, 2.05) is 62.4 Å². The van der Waals surface area contributed by atoms with Crippen molar-refractivity contribution in [3.63, 3.8) is 0 Å². The smallest absolute Gasteiger partial charge is 0.300 e. The number of anilines is 1. The number of aliphatic hydroxyl groups excluding tert-OH is 1. The standard InChI is InChI=1S/C28H24N2O4/c1-16-14-23(34-3)17(2)13-20(16)26(31)24-25(21-15-29-22-12-8-7-11-19(21)22)30(28(33)27(24)32)18-9-5-4-6-10-18/h4-15,25,29,31H,1-3H3/b26-24+. The molecular formula is C28H24N2O4. The molecule has 1 aromatic heterocycles. The zero-order chi connectivity index (χ0) is 24.0. The van der Waals surface area contributed by atoms with Gasteiger partial charge in [0, 0.05) is 33.9 Å². The first-order valence-electron chi connectivity index (χ1n) is 11.0. The fourth-order valence-corrected chi connectivity index (χ4v) is 4.71. The summed E-state index contributed by atoms with van der Waals surface area (Å²) in [4.78, 5) is 31.5. The number of methoxy groups -OCH3 is 1. The van der Waals surface area contributed by atoms with Gasteiger partial charge in [-0.2, -0.15) is 0 Å². The van der Waals surface area contributed by atoms with Gasteiger partial charge in [0.25, 0.3) is 11.7 Å². The number of carbonyl (C=O) groups excluding carboxylic acids is 2. The Kier molecular flexibility index (Phi) is 5.21. The van der Waals surface area contributed by atoms with Crippen molar-refractivity contribution in [2.75, 3.05) is 12.0 Å². The van der Waals surface area contributed by atoms with Gasteiger partial charge >= 0.3 is 0 Å². The molecule has 0 spiro atoms. The van der Waals surface area contributed by atoms with Crippen LogP contribution < -0.4 is 9.64 Å². The fraction of sp³-hybridized carbons (Fsp3) is 0.143. The molecule has 5 rings (SSSR count). The molecule has 0 bridgehead atoms. The summed E-state index contributed by atoms with van der Waals surface area (Å²) in [6.07, 6.45) is 1.80. The van der Waals surface area contributed by atoms with Crippen LogP contribution in [0.15, 0.2) is 78.5 Å². The molecule has 2 heterocycles. The van der Waals surface area contributed by atoms with E-state index in [4.69, 9.17) is 4.74 Å². The van der Waals surface area contributed by atoms with E-state index in [1.54, 1.807) is 31.5 Å². The molecule has 1 atom stereocenters. The third kappa shape index (κ3) is 3.27. The summed E-state index contributed by atoms with van der Waals surface area (Å²) in [5.41, 5.74) is 4.32. The van der Waals surface area contributed by atoms with Crippen LogP contribution in [0.3, 0.4) is 0 Å². The number of fused-ring (bicyclic) bond motifs is 1. The highest BCUT2D eigenvalue weighted by Crippen LogP contribution is 2.44. The van der Waals surface area contributed by atoms with Crippen LogP contribution in [0.4, 0.5) is 5.69 Å². The number of hydrogen-bond acceptors (Lipinski definition) is 4. The molecule has 6 heteroatoms. The molecule has 3 aromatic carbocycles. The van der Waals surface area contributed by atoms with E-state index >= 15 is 0 Å². The number of aromatic nitrogens is 1. The van der Waals surface area contributed by atoms with Crippen LogP contribution in [0.5, 0.6) is 5.75 Å². The van der Waals surface area contributed by atoms with E-state index in [9.17, 15) is 14.7 Å². The number of carbonyl (C=O) groups is 2. The number of ether oxygens (including phenoxy) is 1. The average molecular weight is 453 g/mol. The van der Waals surface area contributed by atoms with E-state index in [1.165, 1.54) is 4.90 Å². The zero-order valence-electron chi connectivity index (χ0n) is 19.1. The molecule has 0 aliphatic carbocycles. The van der Waals surface area contributed by atoms with E-state index in [0.29, 0.717) is 17.0 Å². The lowest BCUT2D eigenvalue weighted by molar-refractivity contribution is -0.132. The van der Waals surface area contributed by atoms with E-state index in [-0.39, 0.29) is 11.3 Å². The Hall–Kier alpha value is -4.32. The maximum atomic E-state index is 13.4. The molecule has 1 aliphatic heterocycles. The number of nitrogens with one attached hydrogen (secondary N) is 1. The van der Waals surface area contributed by atoms with Crippen molar-refractivity contribution < 1.29 is 19.4 Å². The molecule has 1 unspecified atom stereocenters. The number of hydrogen-bond donors (Lipinski definition) is 2. The Bertz CT molecular complexity index is 1470. The molecule has 2 N–H and O–H groups in total. The lowest BCUT2D eigenvalue weighted by atomic mass is 9.92. The summed E-state index contributed by atoms with van der Waals surface area (Å²) in [5, 5.41) is 12.4. The van der Waals surface area contributed by atoms with Crippen LogP contribution in [0.1, 0.15) is 28.3 Å². The number of aryl methyl sites for hydroxylation is 2. The van der Waals surface area contributed by atoms with Crippen molar-refractivity contribution in [1.29, 1.82) is 0 Å². The number of aromatic amines is 1. The van der Waals surface area contributed by atoms with Gasteiger partial charge in [0.1, 0.15) is 11.5 Å². The van der Waals surface area contributed by atoms with Gasteiger partial charge < -0.3 is 14.8 Å². The lowest BCUT2D eigenvalue weighted by Crippen LogP contribution is -2.29. The Morgan fingerprint density at radius 2 is 1.68 bits per heavy atom. The van der Waals surface area contributed by atoms with E-state index in [2.05, 4.69) is 4.98 Å². The second kappa shape index (κ2) is 8.23. The molecule has 34 heavy (non-hydrogen) atoms. The number of nitrogens with zero attached hydrogens (tertiary/aromatic N) is 1. The first kappa shape index (κ1) is 21.5. The van der Waals surface area contributed by atoms with Gasteiger partial charge in [-0.05, 0) is 55.3 Å². The summed E-state index contributed by atoms with van der Waals surface area (Å²) >= 11 is 0. The van der Waals surface area contributed by atoms with Crippen molar-refractivity contribution in [3.05, 3.63) is 101 Å². The van der Waals surface area contributed by atoms with Gasteiger partial charge in [-0.3, -0.25) is 14.5 Å². The molecule has 0 saturated carbocycles. The summed E-state index contributed by atoms with van der Waals surface area (Å²) < 4.78 is 5.40. The lowest BCUT2D eigenvalue weighted by Gasteiger charge is -2.25. The largest absolute Gasteiger partial charge is 0.507 e. The molecule has 1 aliphatic rings.